The number of fused-ring (bicyclic) bond motifs is 1. The summed E-state index contributed by atoms with van der Waals surface area (Å²) in [6, 6.07) is 48.7. The Bertz CT molecular complexity index is 1750. The van der Waals surface area contributed by atoms with Crippen molar-refractivity contribution in [1.29, 1.82) is 0 Å². The second-order valence-electron chi connectivity index (χ2n) is 12.5. The van der Waals surface area contributed by atoms with Gasteiger partial charge in [0.1, 0.15) is 0 Å². The second kappa shape index (κ2) is 12.4. The van der Waals surface area contributed by atoms with E-state index >= 15 is 0 Å². The third-order valence-corrected chi connectivity index (χ3v) is 8.41. The van der Waals surface area contributed by atoms with Crippen molar-refractivity contribution in [3.8, 4) is 0 Å². The largest absolute Gasteiger partial charge is 0.310 e. The maximum absolute atomic E-state index is 2.41. The lowest BCUT2D eigenvalue weighted by Gasteiger charge is -2.30. The van der Waals surface area contributed by atoms with Gasteiger partial charge in [0.15, 0.2) is 0 Å². The van der Waals surface area contributed by atoms with E-state index in [1.165, 1.54) is 55.8 Å². The highest BCUT2D eigenvalue weighted by Crippen LogP contribution is 2.44. The molecule has 0 aliphatic heterocycles. The van der Waals surface area contributed by atoms with Gasteiger partial charge in [-0.3, -0.25) is 0 Å². The number of nitrogens with zero attached hydrogens (tertiary/aromatic N) is 2. The van der Waals surface area contributed by atoms with E-state index in [4.69, 9.17) is 0 Å². The summed E-state index contributed by atoms with van der Waals surface area (Å²) in [5, 5.41) is 2.63. The van der Waals surface area contributed by atoms with Crippen molar-refractivity contribution in [3.05, 3.63) is 156 Å². The molecule has 0 saturated carbocycles. The summed E-state index contributed by atoms with van der Waals surface area (Å²) >= 11 is 0. The normalized spacial score (nSPS) is 11.4. The molecule has 0 aliphatic rings. The predicted molar refractivity (Wildman–Crippen MR) is 191 cm³/mol. The first-order valence-electron chi connectivity index (χ1n) is 15.8. The summed E-state index contributed by atoms with van der Waals surface area (Å²) in [5.41, 5.74) is 12.2. The minimum Gasteiger partial charge on any atom is -0.310 e. The maximum atomic E-state index is 2.41. The molecule has 0 heterocycles. The van der Waals surface area contributed by atoms with Gasteiger partial charge in [-0.05, 0) is 132 Å². The molecule has 0 atom stereocenters. The van der Waals surface area contributed by atoms with Gasteiger partial charge in [-0.2, -0.15) is 0 Å². The van der Waals surface area contributed by atoms with Gasteiger partial charge in [-0.25, -0.2) is 0 Å². The lowest BCUT2D eigenvalue weighted by atomic mass is 9.88. The lowest BCUT2D eigenvalue weighted by Crippen LogP contribution is -2.13. The minimum absolute atomic E-state index is 0.340. The van der Waals surface area contributed by atoms with Gasteiger partial charge in [0.25, 0.3) is 0 Å². The van der Waals surface area contributed by atoms with Crippen molar-refractivity contribution in [3.63, 3.8) is 0 Å². The molecule has 0 unspecified atom stereocenters. The molecule has 0 fully saturated rings. The van der Waals surface area contributed by atoms with Crippen LogP contribution in [0.25, 0.3) is 10.8 Å². The van der Waals surface area contributed by atoms with Crippen LogP contribution in [-0.2, 0) is 0 Å². The quantitative estimate of drug-likeness (QED) is 0.178. The van der Waals surface area contributed by atoms with Crippen molar-refractivity contribution in [2.75, 3.05) is 9.80 Å². The van der Waals surface area contributed by atoms with Gasteiger partial charge in [0.05, 0.1) is 0 Å². The summed E-state index contributed by atoms with van der Waals surface area (Å²) in [6.45, 7) is 13.6. The van der Waals surface area contributed by atoms with E-state index in [0.29, 0.717) is 11.8 Å². The number of rotatable bonds is 8. The van der Waals surface area contributed by atoms with Gasteiger partial charge in [-0.15, -0.1) is 0 Å². The van der Waals surface area contributed by atoms with Crippen LogP contribution in [0, 0.1) is 13.8 Å². The molecular weight excluding hydrogens is 532 g/mol. The summed E-state index contributed by atoms with van der Waals surface area (Å²) < 4.78 is 0. The van der Waals surface area contributed by atoms with Crippen LogP contribution in [0.5, 0.6) is 0 Å². The minimum atomic E-state index is 0.340. The van der Waals surface area contributed by atoms with Gasteiger partial charge in [0.2, 0.25) is 0 Å². The van der Waals surface area contributed by atoms with E-state index in [1.807, 2.05) is 0 Å². The Balaban J connectivity index is 1.63. The molecule has 0 spiro atoms. The van der Waals surface area contributed by atoms with Crippen LogP contribution in [0.15, 0.2) is 133 Å². The van der Waals surface area contributed by atoms with Gasteiger partial charge < -0.3 is 9.80 Å². The Morgan fingerprint density at radius 2 is 0.727 bits per heavy atom. The van der Waals surface area contributed by atoms with E-state index < -0.39 is 0 Å². The zero-order valence-electron chi connectivity index (χ0n) is 26.8. The summed E-state index contributed by atoms with van der Waals surface area (Å²) in [6.07, 6.45) is 0. The number of hydrogen-bond donors (Lipinski definition) is 0. The molecule has 6 aromatic rings. The standard InChI is InChI=1S/C42H42N2/c1-29(2)39-25-37(43(33-17-9-7-10-18-33)35-21-13-15-31(5)23-35)28-42-40(30(3)4)26-38(27-41(39)42)44(34-19-11-8-12-20-34)36-22-14-16-32(6)24-36/h7-30H,1-6H3. The van der Waals surface area contributed by atoms with Crippen LogP contribution in [-0.4, -0.2) is 0 Å². The Morgan fingerprint density at radius 1 is 0.364 bits per heavy atom. The highest BCUT2D eigenvalue weighted by atomic mass is 15.1. The van der Waals surface area contributed by atoms with E-state index in [9.17, 15) is 0 Å². The number of anilines is 6. The summed E-state index contributed by atoms with van der Waals surface area (Å²) in [5.74, 6) is 0.680. The molecule has 0 aliphatic carbocycles. The fourth-order valence-corrected chi connectivity index (χ4v) is 6.28. The Kier molecular flexibility index (Phi) is 8.26. The number of aryl methyl sites for hydroxylation is 2. The summed E-state index contributed by atoms with van der Waals surface area (Å²) in [4.78, 5) is 4.80. The molecule has 0 radical (unpaired) electrons. The third kappa shape index (κ3) is 5.85. The van der Waals surface area contributed by atoms with Crippen molar-refractivity contribution < 1.29 is 0 Å². The van der Waals surface area contributed by atoms with E-state index in [2.05, 4.69) is 185 Å². The van der Waals surface area contributed by atoms with Gasteiger partial charge in [0, 0.05) is 34.1 Å². The van der Waals surface area contributed by atoms with Crippen molar-refractivity contribution in [1.82, 2.24) is 0 Å². The van der Waals surface area contributed by atoms with Crippen LogP contribution in [0.3, 0.4) is 0 Å². The van der Waals surface area contributed by atoms with Crippen molar-refractivity contribution in [2.24, 2.45) is 0 Å². The molecule has 6 aromatic carbocycles. The average Bonchev–Trinajstić information content (AvgIpc) is 3.02. The highest BCUT2D eigenvalue weighted by molar-refractivity contribution is 5.98. The molecule has 2 heteroatoms. The average molecular weight is 575 g/mol. The monoisotopic (exact) mass is 574 g/mol. The van der Waals surface area contributed by atoms with Crippen molar-refractivity contribution >= 4 is 44.9 Å². The maximum Gasteiger partial charge on any atom is 0.0470 e. The Hall–Kier alpha value is -4.82. The first kappa shape index (κ1) is 29.3. The van der Waals surface area contributed by atoms with Gasteiger partial charge in [-0.1, -0.05) is 88.4 Å². The molecule has 2 nitrogen and oxygen atoms in total. The van der Waals surface area contributed by atoms with Crippen LogP contribution < -0.4 is 9.80 Å². The third-order valence-electron chi connectivity index (χ3n) is 8.41. The zero-order valence-corrected chi connectivity index (χ0v) is 26.8. The topological polar surface area (TPSA) is 6.48 Å². The van der Waals surface area contributed by atoms with Crippen molar-refractivity contribution in [2.45, 2.75) is 53.4 Å². The Morgan fingerprint density at radius 3 is 1.07 bits per heavy atom. The van der Waals surface area contributed by atoms with E-state index in [0.717, 1.165) is 11.4 Å². The van der Waals surface area contributed by atoms with Crippen LogP contribution >= 0.6 is 0 Å². The number of benzene rings is 6. The van der Waals surface area contributed by atoms with E-state index in [1.54, 1.807) is 0 Å². The first-order valence-corrected chi connectivity index (χ1v) is 15.8. The highest BCUT2D eigenvalue weighted by Gasteiger charge is 2.21. The number of hydrogen-bond acceptors (Lipinski definition) is 2. The molecule has 0 amide bonds. The van der Waals surface area contributed by atoms with E-state index in [-0.39, 0.29) is 0 Å². The second-order valence-corrected chi connectivity index (χ2v) is 12.5. The molecule has 220 valence electrons. The first-order chi connectivity index (χ1) is 21.3. The SMILES string of the molecule is Cc1cccc(N(c2ccccc2)c2cc(C(C)C)c3cc(N(c4ccccc4)c4cccc(C)c4)cc(C(C)C)c3c2)c1. The van der Waals surface area contributed by atoms with Crippen LogP contribution in [0.1, 0.15) is 61.8 Å². The molecule has 0 N–H and O–H groups in total. The smallest absolute Gasteiger partial charge is 0.0470 e. The fraction of sp³-hybridized carbons (Fsp3) is 0.190. The molecule has 0 bridgehead atoms. The van der Waals surface area contributed by atoms with Crippen LogP contribution in [0.4, 0.5) is 34.1 Å². The lowest BCUT2D eigenvalue weighted by molar-refractivity contribution is 0.867. The fourth-order valence-electron chi connectivity index (χ4n) is 6.28. The van der Waals surface area contributed by atoms with Gasteiger partial charge >= 0.3 is 0 Å². The molecule has 0 aromatic heterocycles. The van der Waals surface area contributed by atoms with Crippen LogP contribution in [0.2, 0.25) is 0 Å². The Labute approximate surface area is 263 Å². The zero-order chi connectivity index (χ0) is 30.8. The molecular formula is C42H42N2. The molecule has 0 saturated heterocycles. The number of para-hydroxylation sites is 2. The predicted octanol–water partition coefficient (Wildman–Crippen LogP) is 12.6. The molecule has 6 rings (SSSR count). The molecule has 44 heavy (non-hydrogen) atoms. The summed E-state index contributed by atoms with van der Waals surface area (Å²) in [7, 11) is 0.